The van der Waals surface area contributed by atoms with Gasteiger partial charge in [-0.25, -0.2) is 4.89 Å². The zero-order valence-corrected chi connectivity index (χ0v) is 4.86. The van der Waals surface area contributed by atoms with E-state index in [-0.39, 0.29) is 6.61 Å². The smallest absolute Gasteiger partial charge is 0.142 e. The first kappa shape index (κ1) is 8.07. The number of rotatable bonds is 4. The van der Waals surface area contributed by atoms with Crippen molar-refractivity contribution in [2.75, 3.05) is 6.61 Å². The van der Waals surface area contributed by atoms with Gasteiger partial charge < -0.3 is 0 Å². The molecule has 0 aliphatic rings. The fourth-order valence-electron chi connectivity index (χ4n) is 0.287. The highest BCUT2D eigenvalue weighted by atomic mass is 17.1. The summed E-state index contributed by atoms with van der Waals surface area (Å²) in [5.74, 6) is 0. The third-order valence-corrected chi connectivity index (χ3v) is 0.608. The highest BCUT2D eigenvalue weighted by molar-refractivity contribution is 5.65. The molecule has 0 atom stereocenters. The molecule has 3 heteroatoms. The Bertz CT molecular complexity index is 115. The normalized spacial score (nSPS) is 11.2. The van der Waals surface area contributed by atoms with Crippen LogP contribution in [0.3, 0.4) is 0 Å². The number of hydrogen-bond acceptors (Lipinski definition) is 3. The van der Waals surface area contributed by atoms with Crippen LogP contribution in [0.15, 0.2) is 24.3 Å². The van der Waals surface area contributed by atoms with Crippen molar-refractivity contribution in [2.24, 2.45) is 0 Å². The lowest BCUT2D eigenvalue weighted by molar-refractivity contribution is -0.231. The molecule has 0 rings (SSSR count). The first-order chi connectivity index (χ1) is 4.41. The topological polar surface area (TPSA) is 46.5 Å². The van der Waals surface area contributed by atoms with Crippen molar-refractivity contribution in [1.82, 2.24) is 0 Å². The van der Waals surface area contributed by atoms with Crippen LogP contribution in [0.5, 0.6) is 0 Å². The molecular formula is C6H8O3. The van der Waals surface area contributed by atoms with Gasteiger partial charge in [0, 0.05) is 0 Å². The van der Waals surface area contributed by atoms with Crippen molar-refractivity contribution in [1.29, 1.82) is 0 Å². The molecule has 0 aromatic rings. The second kappa shape index (κ2) is 7.07. The van der Waals surface area contributed by atoms with E-state index in [9.17, 15) is 4.79 Å². The van der Waals surface area contributed by atoms with Crippen LogP contribution in [0, 0.1) is 0 Å². The molecule has 0 saturated carbocycles. The summed E-state index contributed by atoms with van der Waals surface area (Å²) >= 11 is 0. The molecule has 1 N–H and O–H groups in total. The van der Waals surface area contributed by atoms with E-state index in [4.69, 9.17) is 5.26 Å². The molecule has 0 aromatic heterocycles. The Balaban J connectivity index is 3.23. The van der Waals surface area contributed by atoms with Crippen LogP contribution in [-0.4, -0.2) is 18.2 Å². The summed E-state index contributed by atoms with van der Waals surface area (Å²) in [5.41, 5.74) is 0. The molecule has 0 aliphatic carbocycles. The molecule has 0 saturated heterocycles. The van der Waals surface area contributed by atoms with Crippen LogP contribution in [0.2, 0.25) is 0 Å². The average molecular weight is 128 g/mol. The van der Waals surface area contributed by atoms with Crippen molar-refractivity contribution >= 4 is 6.29 Å². The Labute approximate surface area is 53.2 Å². The molecule has 0 radical (unpaired) electrons. The summed E-state index contributed by atoms with van der Waals surface area (Å²) in [5, 5.41) is 7.78. The Hall–Kier alpha value is -0.930. The molecule has 0 spiro atoms. The molecule has 9 heavy (non-hydrogen) atoms. The van der Waals surface area contributed by atoms with Crippen molar-refractivity contribution in [3.05, 3.63) is 24.3 Å². The lowest BCUT2D eigenvalue weighted by atomic mass is 10.4. The van der Waals surface area contributed by atoms with Crippen LogP contribution in [-0.2, 0) is 9.68 Å². The minimum absolute atomic E-state index is 0.142. The minimum atomic E-state index is 0.142. The van der Waals surface area contributed by atoms with Gasteiger partial charge in [0.05, 0.1) is 0 Å². The number of carbonyl (C=O) groups is 1. The van der Waals surface area contributed by atoms with Gasteiger partial charge >= 0.3 is 0 Å². The van der Waals surface area contributed by atoms with Crippen LogP contribution in [0.4, 0.5) is 0 Å². The lowest BCUT2D eigenvalue weighted by Gasteiger charge is -1.80. The summed E-state index contributed by atoms with van der Waals surface area (Å²) in [7, 11) is 0. The maximum absolute atomic E-state index is 9.64. The van der Waals surface area contributed by atoms with E-state index >= 15 is 0 Å². The molecule has 0 unspecified atom stereocenters. The van der Waals surface area contributed by atoms with Gasteiger partial charge in [0.15, 0.2) is 0 Å². The number of carbonyl (C=O) groups excluding carboxylic acids is 1. The molecule has 0 bridgehead atoms. The summed E-state index contributed by atoms with van der Waals surface area (Å²) in [4.78, 5) is 13.3. The zero-order valence-electron chi connectivity index (χ0n) is 4.86. The molecule has 50 valence electrons. The van der Waals surface area contributed by atoms with E-state index < -0.39 is 0 Å². The average Bonchev–Trinajstić information content (AvgIpc) is 1.89. The Morgan fingerprint density at radius 3 is 2.67 bits per heavy atom. The highest BCUT2D eigenvalue weighted by Crippen LogP contribution is 1.75. The lowest BCUT2D eigenvalue weighted by Crippen LogP contribution is -1.79. The van der Waals surface area contributed by atoms with Gasteiger partial charge in [0.25, 0.3) is 0 Å². The predicted octanol–water partition coefficient (Wildman–Crippen LogP) is 0.787. The van der Waals surface area contributed by atoms with Crippen molar-refractivity contribution in [2.45, 2.75) is 0 Å². The van der Waals surface area contributed by atoms with Gasteiger partial charge in [-0.3, -0.25) is 10.1 Å². The fraction of sp³-hybridized carbons (Fsp3) is 0.167. The second-order valence-electron chi connectivity index (χ2n) is 1.24. The van der Waals surface area contributed by atoms with E-state index in [0.29, 0.717) is 6.29 Å². The van der Waals surface area contributed by atoms with Gasteiger partial charge in [0.1, 0.15) is 12.9 Å². The highest BCUT2D eigenvalue weighted by Gasteiger charge is 1.68. The molecular weight excluding hydrogens is 120 g/mol. The first-order valence-electron chi connectivity index (χ1n) is 2.45. The van der Waals surface area contributed by atoms with Crippen LogP contribution in [0.1, 0.15) is 0 Å². The Kier molecular flexibility index (Phi) is 6.34. The van der Waals surface area contributed by atoms with Gasteiger partial charge in [-0.15, -0.1) is 0 Å². The van der Waals surface area contributed by atoms with Crippen molar-refractivity contribution in [3.63, 3.8) is 0 Å². The van der Waals surface area contributed by atoms with Gasteiger partial charge in [-0.05, 0) is 6.08 Å². The number of allylic oxidation sites excluding steroid dienone is 3. The SMILES string of the molecule is O=C/C=C/C=C/COO. The maximum atomic E-state index is 9.64. The molecule has 3 nitrogen and oxygen atoms in total. The summed E-state index contributed by atoms with van der Waals surface area (Å²) in [6.45, 7) is 0.142. The zero-order chi connectivity index (χ0) is 6.95. The van der Waals surface area contributed by atoms with E-state index in [2.05, 4.69) is 4.89 Å². The summed E-state index contributed by atoms with van der Waals surface area (Å²) in [6.07, 6.45) is 6.73. The predicted molar refractivity (Wildman–Crippen MR) is 32.9 cm³/mol. The molecule has 0 aromatic carbocycles. The quantitative estimate of drug-likeness (QED) is 0.200. The molecule has 0 aliphatic heterocycles. The molecule has 0 fully saturated rings. The van der Waals surface area contributed by atoms with E-state index in [1.165, 1.54) is 6.08 Å². The maximum Gasteiger partial charge on any atom is 0.142 e. The summed E-state index contributed by atoms with van der Waals surface area (Å²) < 4.78 is 0. The van der Waals surface area contributed by atoms with Gasteiger partial charge in [0.2, 0.25) is 0 Å². The van der Waals surface area contributed by atoms with Gasteiger partial charge in [-0.1, -0.05) is 18.2 Å². The van der Waals surface area contributed by atoms with Crippen LogP contribution >= 0.6 is 0 Å². The van der Waals surface area contributed by atoms with Crippen LogP contribution < -0.4 is 0 Å². The van der Waals surface area contributed by atoms with Crippen molar-refractivity contribution < 1.29 is 14.9 Å². The molecule has 0 heterocycles. The second-order valence-corrected chi connectivity index (χ2v) is 1.24. The third-order valence-electron chi connectivity index (χ3n) is 0.608. The molecule has 0 amide bonds. The monoisotopic (exact) mass is 128 g/mol. The van der Waals surface area contributed by atoms with Crippen LogP contribution in [0.25, 0.3) is 0 Å². The fourth-order valence-corrected chi connectivity index (χ4v) is 0.287. The standard InChI is InChI=1S/C6H8O3/c7-5-3-1-2-4-6-9-8/h1-5,8H,6H2/b3-1+,4-2+. The number of aldehydes is 1. The van der Waals surface area contributed by atoms with E-state index in [1.54, 1.807) is 18.2 Å². The van der Waals surface area contributed by atoms with Crippen molar-refractivity contribution in [3.8, 4) is 0 Å². The first-order valence-corrected chi connectivity index (χ1v) is 2.45. The minimum Gasteiger partial charge on any atom is -0.299 e. The number of hydrogen-bond donors (Lipinski definition) is 1. The third kappa shape index (κ3) is 7.07. The van der Waals surface area contributed by atoms with E-state index in [0.717, 1.165) is 0 Å². The largest absolute Gasteiger partial charge is 0.299 e. The Morgan fingerprint density at radius 1 is 1.33 bits per heavy atom. The Morgan fingerprint density at radius 2 is 2.11 bits per heavy atom. The van der Waals surface area contributed by atoms with Gasteiger partial charge in [-0.2, -0.15) is 0 Å². The van der Waals surface area contributed by atoms with E-state index in [1.807, 2.05) is 0 Å². The summed E-state index contributed by atoms with van der Waals surface area (Å²) in [6, 6.07) is 0.